The van der Waals surface area contributed by atoms with Gasteiger partial charge in [-0.3, -0.25) is 4.79 Å². The summed E-state index contributed by atoms with van der Waals surface area (Å²) in [5, 5.41) is 9.42. The van der Waals surface area contributed by atoms with Crippen LogP contribution in [0.1, 0.15) is 26.7 Å². The van der Waals surface area contributed by atoms with E-state index in [1.54, 1.807) is 18.7 Å². The van der Waals surface area contributed by atoms with Crippen molar-refractivity contribution < 1.29 is 9.90 Å². The fourth-order valence-corrected chi connectivity index (χ4v) is 1.83. The summed E-state index contributed by atoms with van der Waals surface area (Å²) in [7, 11) is 0. The highest BCUT2D eigenvalue weighted by Crippen LogP contribution is 2.20. The summed E-state index contributed by atoms with van der Waals surface area (Å²) in [6.07, 6.45) is 1.40. The largest absolute Gasteiger partial charge is 0.391 e. The summed E-state index contributed by atoms with van der Waals surface area (Å²) in [6.45, 7) is 4.13. The molecule has 0 aromatic heterocycles. The van der Waals surface area contributed by atoms with E-state index in [2.05, 4.69) is 0 Å². The number of nitrogens with zero attached hydrogens (tertiary/aromatic N) is 1. The molecule has 0 aliphatic carbocycles. The number of amides is 1. The van der Waals surface area contributed by atoms with E-state index in [1.807, 2.05) is 0 Å². The van der Waals surface area contributed by atoms with Crippen LogP contribution in [-0.2, 0) is 4.79 Å². The zero-order valence-corrected chi connectivity index (χ0v) is 8.23. The first-order valence-corrected chi connectivity index (χ1v) is 4.78. The van der Waals surface area contributed by atoms with Crippen molar-refractivity contribution in [1.29, 1.82) is 0 Å². The number of nitrogens with two attached hydrogens (primary N) is 1. The van der Waals surface area contributed by atoms with Crippen LogP contribution in [0.2, 0.25) is 0 Å². The topological polar surface area (TPSA) is 66.6 Å². The molecule has 0 bridgehead atoms. The van der Waals surface area contributed by atoms with Gasteiger partial charge in [0.2, 0.25) is 5.91 Å². The van der Waals surface area contributed by atoms with Gasteiger partial charge in [0.15, 0.2) is 0 Å². The maximum atomic E-state index is 11.5. The second kappa shape index (κ2) is 4.07. The normalized spacial score (nSPS) is 27.4. The number of hydrogen-bond donors (Lipinski definition) is 2. The molecule has 76 valence electrons. The van der Waals surface area contributed by atoms with Gasteiger partial charge in [-0.05, 0) is 26.7 Å². The summed E-state index contributed by atoms with van der Waals surface area (Å²) in [5.74, 6) is -0.0524. The minimum Gasteiger partial charge on any atom is -0.391 e. The Kier molecular flexibility index (Phi) is 3.27. The van der Waals surface area contributed by atoms with Crippen molar-refractivity contribution in [1.82, 2.24) is 4.90 Å². The Hall–Kier alpha value is -0.610. The molecule has 13 heavy (non-hydrogen) atoms. The molecule has 1 heterocycles. The molecule has 3 atom stereocenters. The van der Waals surface area contributed by atoms with Gasteiger partial charge in [0.1, 0.15) is 0 Å². The van der Waals surface area contributed by atoms with Crippen LogP contribution in [0.5, 0.6) is 0 Å². The first kappa shape index (κ1) is 10.5. The smallest absolute Gasteiger partial charge is 0.239 e. The van der Waals surface area contributed by atoms with E-state index >= 15 is 0 Å². The molecule has 0 aromatic carbocycles. The SMILES string of the molecule is CC(N)C(=O)N1CCCC1C(C)O. The standard InChI is InChI=1S/C9H18N2O2/c1-6(10)9(13)11-5-3-4-8(11)7(2)12/h6-8,12H,3-5,10H2,1-2H3. The summed E-state index contributed by atoms with van der Waals surface area (Å²) < 4.78 is 0. The molecular weight excluding hydrogens is 168 g/mol. The van der Waals surface area contributed by atoms with E-state index in [9.17, 15) is 9.90 Å². The molecule has 0 aromatic rings. The predicted molar refractivity (Wildman–Crippen MR) is 50.1 cm³/mol. The van der Waals surface area contributed by atoms with Crippen molar-refractivity contribution in [3.8, 4) is 0 Å². The second-order valence-corrected chi connectivity index (χ2v) is 3.77. The predicted octanol–water partition coefficient (Wildman–Crippen LogP) is -0.295. The van der Waals surface area contributed by atoms with Gasteiger partial charge in [-0.15, -0.1) is 0 Å². The third-order valence-electron chi connectivity index (χ3n) is 2.53. The molecule has 1 aliphatic rings. The number of aliphatic hydroxyl groups is 1. The zero-order chi connectivity index (χ0) is 10.0. The summed E-state index contributed by atoms with van der Waals surface area (Å²) in [6, 6.07) is -0.488. The van der Waals surface area contributed by atoms with Gasteiger partial charge in [-0.1, -0.05) is 0 Å². The van der Waals surface area contributed by atoms with Crippen molar-refractivity contribution in [2.24, 2.45) is 5.73 Å². The highest BCUT2D eigenvalue weighted by molar-refractivity contribution is 5.81. The maximum Gasteiger partial charge on any atom is 0.239 e. The van der Waals surface area contributed by atoms with Crippen LogP contribution >= 0.6 is 0 Å². The van der Waals surface area contributed by atoms with E-state index in [0.29, 0.717) is 0 Å². The van der Waals surface area contributed by atoms with Crippen molar-refractivity contribution in [2.45, 2.75) is 44.9 Å². The Morgan fingerprint density at radius 2 is 2.23 bits per heavy atom. The molecule has 0 saturated carbocycles. The molecule has 0 spiro atoms. The average Bonchev–Trinajstić information content (AvgIpc) is 2.50. The molecular formula is C9H18N2O2. The van der Waals surface area contributed by atoms with Crippen LogP contribution in [-0.4, -0.2) is 40.6 Å². The third kappa shape index (κ3) is 2.19. The Morgan fingerprint density at radius 1 is 1.62 bits per heavy atom. The minimum absolute atomic E-state index is 0.0292. The summed E-state index contributed by atoms with van der Waals surface area (Å²) >= 11 is 0. The van der Waals surface area contributed by atoms with Crippen LogP contribution in [0.4, 0.5) is 0 Å². The summed E-state index contributed by atoms with van der Waals surface area (Å²) in [4.78, 5) is 13.3. The molecule has 0 radical (unpaired) electrons. The molecule has 4 heteroatoms. The molecule has 4 nitrogen and oxygen atoms in total. The maximum absolute atomic E-state index is 11.5. The lowest BCUT2D eigenvalue weighted by atomic mass is 10.1. The lowest BCUT2D eigenvalue weighted by Crippen LogP contribution is -2.47. The molecule has 3 N–H and O–H groups in total. The molecule has 1 rings (SSSR count). The second-order valence-electron chi connectivity index (χ2n) is 3.77. The number of likely N-dealkylation sites (tertiary alicyclic amines) is 1. The number of carbonyl (C=O) groups excluding carboxylic acids is 1. The number of rotatable bonds is 2. The first-order chi connectivity index (χ1) is 6.04. The average molecular weight is 186 g/mol. The fraction of sp³-hybridized carbons (Fsp3) is 0.889. The van der Waals surface area contributed by atoms with Crippen LogP contribution in [0, 0.1) is 0 Å². The number of hydrogen-bond acceptors (Lipinski definition) is 3. The zero-order valence-electron chi connectivity index (χ0n) is 8.23. The van der Waals surface area contributed by atoms with Crippen molar-refractivity contribution in [3.05, 3.63) is 0 Å². The van der Waals surface area contributed by atoms with Gasteiger partial charge in [-0.2, -0.15) is 0 Å². The van der Waals surface area contributed by atoms with Gasteiger partial charge in [0.05, 0.1) is 18.2 Å². The van der Waals surface area contributed by atoms with Crippen LogP contribution in [0.25, 0.3) is 0 Å². The van der Waals surface area contributed by atoms with E-state index in [4.69, 9.17) is 5.73 Å². The van der Waals surface area contributed by atoms with Gasteiger partial charge in [0, 0.05) is 6.54 Å². The minimum atomic E-state index is -0.459. The van der Waals surface area contributed by atoms with E-state index in [0.717, 1.165) is 19.4 Å². The Morgan fingerprint density at radius 3 is 2.69 bits per heavy atom. The van der Waals surface area contributed by atoms with E-state index in [1.165, 1.54) is 0 Å². The van der Waals surface area contributed by atoms with Crippen LogP contribution in [0.15, 0.2) is 0 Å². The molecule has 1 saturated heterocycles. The van der Waals surface area contributed by atoms with Gasteiger partial charge in [-0.25, -0.2) is 0 Å². The quantitative estimate of drug-likeness (QED) is 0.622. The number of carbonyl (C=O) groups is 1. The molecule has 3 unspecified atom stereocenters. The monoisotopic (exact) mass is 186 g/mol. The Bertz CT molecular complexity index is 192. The lowest BCUT2D eigenvalue weighted by molar-refractivity contribution is -0.134. The van der Waals surface area contributed by atoms with Gasteiger partial charge in [0.25, 0.3) is 0 Å². The highest BCUT2D eigenvalue weighted by Gasteiger charge is 2.32. The number of aliphatic hydroxyl groups excluding tert-OH is 1. The third-order valence-corrected chi connectivity index (χ3v) is 2.53. The molecule has 1 fully saturated rings. The Labute approximate surface area is 78.7 Å². The summed E-state index contributed by atoms with van der Waals surface area (Å²) in [5.41, 5.74) is 5.51. The van der Waals surface area contributed by atoms with Gasteiger partial charge < -0.3 is 15.7 Å². The van der Waals surface area contributed by atoms with Gasteiger partial charge >= 0.3 is 0 Å². The lowest BCUT2D eigenvalue weighted by Gasteiger charge is -2.28. The van der Waals surface area contributed by atoms with Crippen LogP contribution < -0.4 is 5.73 Å². The van der Waals surface area contributed by atoms with Crippen molar-refractivity contribution >= 4 is 5.91 Å². The first-order valence-electron chi connectivity index (χ1n) is 4.78. The molecule has 1 aliphatic heterocycles. The van der Waals surface area contributed by atoms with E-state index < -0.39 is 12.1 Å². The van der Waals surface area contributed by atoms with Crippen molar-refractivity contribution in [2.75, 3.05) is 6.54 Å². The van der Waals surface area contributed by atoms with Crippen LogP contribution in [0.3, 0.4) is 0 Å². The van der Waals surface area contributed by atoms with E-state index in [-0.39, 0.29) is 11.9 Å². The van der Waals surface area contributed by atoms with Crippen molar-refractivity contribution in [3.63, 3.8) is 0 Å². The molecule has 1 amide bonds. The fourth-order valence-electron chi connectivity index (χ4n) is 1.83. The highest BCUT2D eigenvalue weighted by atomic mass is 16.3. The Balaban J connectivity index is 2.63.